The number of hydrogen-bond donors (Lipinski definition) is 1. The lowest BCUT2D eigenvalue weighted by molar-refractivity contribution is 0.221. The Kier molecular flexibility index (Phi) is 3.54. The van der Waals surface area contributed by atoms with Gasteiger partial charge in [0.15, 0.2) is 0 Å². The fraction of sp³-hybridized carbons (Fsp3) is 0.158. The third-order valence-electron chi connectivity index (χ3n) is 4.05. The van der Waals surface area contributed by atoms with E-state index in [9.17, 15) is 5.11 Å². The lowest BCUT2D eigenvalue weighted by atomic mass is 10.1. The van der Waals surface area contributed by atoms with Gasteiger partial charge < -0.3 is 14.6 Å². The molecular formula is C19H16O3S. The van der Waals surface area contributed by atoms with Gasteiger partial charge in [-0.2, -0.15) is 0 Å². The van der Waals surface area contributed by atoms with Crippen molar-refractivity contribution in [2.75, 3.05) is 12.9 Å². The van der Waals surface area contributed by atoms with Gasteiger partial charge in [0.2, 0.25) is 0 Å². The van der Waals surface area contributed by atoms with Gasteiger partial charge in [-0.15, -0.1) is 11.8 Å². The Morgan fingerprint density at radius 1 is 1.09 bits per heavy atom. The van der Waals surface area contributed by atoms with Gasteiger partial charge in [0.1, 0.15) is 23.4 Å². The molecule has 0 saturated carbocycles. The van der Waals surface area contributed by atoms with Gasteiger partial charge >= 0.3 is 0 Å². The predicted octanol–water partition coefficient (Wildman–Crippen LogP) is 4.78. The quantitative estimate of drug-likeness (QED) is 0.736. The largest absolute Gasteiger partial charge is 0.508 e. The van der Waals surface area contributed by atoms with Crippen molar-refractivity contribution >= 4 is 22.5 Å². The normalized spacial score (nSPS) is 16.7. The van der Waals surface area contributed by atoms with Crippen molar-refractivity contribution < 1.29 is 14.6 Å². The number of aromatic hydroxyl groups is 1. The van der Waals surface area contributed by atoms with E-state index in [1.54, 1.807) is 31.0 Å². The molecule has 0 radical (unpaired) electrons. The van der Waals surface area contributed by atoms with Crippen LogP contribution in [0.5, 0.6) is 17.2 Å². The van der Waals surface area contributed by atoms with E-state index in [1.807, 2.05) is 42.5 Å². The number of benzene rings is 3. The van der Waals surface area contributed by atoms with Crippen LogP contribution in [-0.2, 0) is 0 Å². The van der Waals surface area contributed by atoms with Crippen LogP contribution in [0.1, 0.15) is 11.7 Å². The van der Waals surface area contributed by atoms with E-state index in [-0.39, 0.29) is 11.9 Å². The molecule has 4 heteroatoms. The highest BCUT2D eigenvalue weighted by Crippen LogP contribution is 2.44. The van der Waals surface area contributed by atoms with E-state index in [0.717, 1.165) is 38.5 Å². The van der Waals surface area contributed by atoms with Gasteiger partial charge in [0, 0.05) is 5.75 Å². The smallest absolute Gasteiger partial charge is 0.134 e. The Labute approximate surface area is 138 Å². The van der Waals surface area contributed by atoms with Crippen LogP contribution in [-0.4, -0.2) is 18.0 Å². The van der Waals surface area contributed by atoms with Crippen LogP contribution in [0, 0.1) is 0 Å². The summed E-state index contributed by atoms with van der Waals surface area (Å²) in [6, 6.07) is 17.5. The van der Waals surface area contributed by atoms with Crippen molar-refractivity contribution in [3.63, 3.8) is 0 Å². The molecule has 0 amide bonds. The third-order valence-corrected chi connectivity index (χ3v) is 5.23. The molecule has 0 aromatic heterocycles. The van der Waals surface area contributed by atoms with E-state index in [0.29, 0.717) is 0 Å². The molecule has 3 aromatic rings. The summed E-state index contributed by atoms with van der Waals surface area (Å²) in [5, 5.41) is 11.8. The summed E-state index contributed by atoms with van der Waals surface area (Å²) in [4.78, 5) is 1.15. The van der Waals surface area contributed by atoms with Crippen LogP contribution in [0.15, 0.2) is 59.5 Å². The number of methoxy groups -OCH3 is 1. The number of ether oxygens (including phenoxy) is 2. The minimum atomic E-state index is 0.0352. The van der Waals surface area contributed by atoms with Crippen LogP contribution in [0.4, 0.5) is 0 Å². The lowest BCUT2D eigenvalue weighted by Crippen LogP contribution is -2.14. The van der Waals surface area contributed by atoms with Crippen molar-refractivity contribution in [1.82, 2.24) is 0 Å². The van der Waals surface area contributed by atoms with E-state index >= 15 is 0 Å². The number of phenolic OH excluding ortho intramolecular Hbond substituents is 1. The summed E-state index contributed by atoms with van der Waals surface area (Å²) in [5.74, 6) is 2.90. The van der Waals surface area contributed by atoms with Crippen LogP contribution in [0.25, 0.3) is 10.8 Å². The van der Waals surface area contributed by atoms with Crippen LogP contribution >= 0.6 is 11.8 Å². The summed E-state index contributed by atoms with van der Waals surface area (Å²) >= 11 is 1.80. The molecule has 0 bridgehead atoms. The highest BCUT2D eigenvalue weighted by Gasteiger charge is 2.23. The monoisotopic (exact) mass is 324 g/mol. The first-order chi connectivity index (χ1) is 11.2. The molecule has 23 heavy (non-hydrogen) atoms. The number of fused-ring (bicyclic) bond motifs is 3. The highest BCUT2D eigenvalue weighted by atomic mass is 32.2. The van der Waals surface area contributed by atoms with Crippen molar-refractivity contribution in [3.8, 4) is 17.2 Å². The van der Waals surface area contributed by atoms with E-state index in [1.165, 1.54) is 0 Å². The van der Waals surface area contributed by atoms with Gasteiger partial charge in [-0.1, -0.05) is 18.2 Å². The molecule has 0 spiro atoms. The molecule has 3 aromatic carbocycles. The summed E-state index contributed by atoms with van der Waals surface area (Å²) in [6.07, 6.45) is 0.0352. The van der Waals surface area contributed by atoms with Gasteiger partial charge in [-0.05, 0) is 52.7 Å². The van der Waals surface area contributed by atoms with Crippen molar-refractivity contribution in [2.24, 2.45) is 0 Å². The molecule has 1 aliphatic rings. The standard InChI is InChI=1S/C19H16O3S/c1-21-15-6-2-12(3-7-15)18-11-23-19-16-8-5-14(20)10-13(16)4-9-17(19)22-18/h2-10,18,20H,11H2,1H3. The van der Waals surface area contributed by atoms with E-state index < -0.39 is 0 Å². The van der Waals surface area contributed by atoms with Crippen molar-refractivity contribution in [1.29, 1.82) is 0 Å². The Hall–Kier alpha value is -2.33. The molecule has 1 aliphatic heterocycles. The average Bonchev–Trinajstić information content (AvgIpc) is 2.61. The van der Waals surface area contributed by atoms with Gasteiger partial charge in [0.25, 0.3) is 0 Å². The zero-order chi connectivity index (χ0) is 15.8. The first-order valence-corrected chi connectivity index (χ1v) is 8.42. The Bertz CT molecular complexity index is 858. The Morgan fingerprint density at radius 2 is 1.91 bits per heavy atom. The first-order valence-electron chi connectivity index (χ1n) is 7.44. The fourth-order valence-electron chi connectivity index (χ4n) is 2.84. The molecule has 1 unspecified atom stereocenters. The Morgan fingerprint density at radius 3 is 2.70 bits per heavy atom. The molecule has 0 saturated heterocycles. The second kappa shape index (κ2) is 5.70. The van der Waals surface area contributed by atoms with Crippen molar-refractivity contribution in [3.05, 3.63) is 60.2 Å². The van der Waals surface area contributed by atoms with E-state index in [4.69, 9.17) is 9.47 Å². The molecule has 4 rings (SSSR count). The molecule has 3 nitrogen and oxygen atoms in total. The van der Waals surface area contributed by atoms with Crippen LogP contribution < -0.4 is 9.47 Å². The number of phenols is 1. The number of rotatable bonds is 2. The summed E-state index contributed by atoms with van der Waals surface area (Å²) in [5.41, 5.74) is 1.15. The SMILES string of the molecule is COc1ccc(C2CSc3c(ccc4cc(O)ccc34)O2)cc1. The van der Waals surface area contributed by atoms with Crippen LogP contribution in [0.2, 0.25) is 0 Å². The maximum atomic E-state index is 9.62. The minimum Gasteiger partial charge on any atom is -0.508 e. The lowest BCUT2D eigenvalue weighted by Gasteiger charge is -2.27. The summed E-state index contributed by atoms with van der Waals surface area (Å²) in [6.45, 7) is 0. The van der Waals surface area contributed by atoms with Gasteiger partial charge in [-0.25, -0.2) is 0 Å². The topological polar surface area (TPSA) is 38.7 Å². The van der Waals surface area contributed by atoms with Gasteiger partial charge in [0.05, 0.1) is 12.0 Å². The maximum Gasteiger partial charge on any atom is 0.134 e. The molecule has 0 fully saturated rings. The molecule has 1 N–H and O–H groups in total. The average molecular weight is 324 g/mol. The second-order valence-corrected chi connectivity index (χ2v) is 6.52. The third kappa shape index (κ3) is 2.59. The van der Waals surface area contributed by atoms with E-state index in [2.05, 4.69) is 0 Å². The van der Waals surface area contributed by atoms with Crippen LogP contribution in [0.3, 0.4) is 0 Å². The number of thioether (sulfide) groups is 1. The molecule has 116 valence electrons. The molecule has 0 aliphatic carbocycles. The highest BCUT2D eigenvalue weighted by molar-refractivity contribution is 7.99. The fourth-order valence-corrected chi connectivity index (χ4v) is 4.02. The predicted molar refractivity (Wildman–Crippen MR) is 92.7 cm³/mol. The molecular weight excluding hydrogens is 308 g/mol. The van der Waals surface area contributed by atoms with Gasteiger partial charge in [-0.3, -0.25) is 0 Å². The zero-order valence-electron chi connectivity index (χ0n) is 12.7. The zero-order valence-corrected chi connectivity index (χ0v) is 13.5. The van der Waals surface area contributed by atoms with Crippen molar-refractivity contribution in [2.45, 2.75) is 11.0 Å². The summed E-state index contributed by atoms with van der Waals surface area (Å²) in [7, 11) is 1.67. The maximum absolute atomic E-state index is 9.62. The summed E-state index contributed by atoms with van der Waals surface area (Å²) < 4.78 is 11.4. The molecule has 1 atom stereocenters. The second-order valence-electron chi connectivity index (χ2n) is 5.49. The minimum absolute atomic E-state index is 0.0352. The number of hydrogen-bond acceptors (Lipinski definition) is 4. The first kappa shape index (κ1) is 14.3. The Balaban J connectivity index is 1.67. The molecule has 1 heterocycles.